The number of hydrogen-bond donors (Lipinski definition) is 0. The fourth-order valence-electron chi connectivity index (χ4n) is 1.47. The van der Waals surface area contributed by atoms with Crippen molar-refractivity contribution in [2.75, 3.05) is 13.2 Å². The van der Waals surface area contributed by atoms with Crippen LogP contribution in [-0.4, -0.2) is 18.8 Å². The minimum Gasteiger partial charge on any atom is -0.488 e. The van der Waals surface area contributed by atoms with E-state index in [0.29, 0.717) is 6.61 Å². The van der Waals surface area contributed by atoms with Gasteiger partial charge in [0, 0.05) is 4.47 Å². The third kappa shape index (κ3) is 3.13. The average Bonchev–Trinajstić information content (AvgIpc) is 3.05. The number of benzene rings is 1. The molecular formula is C12H11Br3O2. The number of rotatable bonds is 5. The second kappa shape index (κ2) is 5.43. The molecule has 5 heteroatoms. The molecule has 0 spiro atoms. The predicted octanol–water partition coefficient (Wildman–Crippen LogP) is 4.70. The van der Waals surface area contributed by atoms with Gasteiger partial charge < -0.3 is 9.47 Å². The molecule has 1 heterocycles. The Kier molecular flexibility index (Phi) is 4.34. The van der Waals surface area contributed by atoms with Crippen molar-refractivity contribution >= 4 is 47.8 Å². The standard InChI is InChI=1S/C12H11Br3O2/c1-2-5-12(7-17-12)6-16-11-9(14)4-3-8(13)10(11)15/h2-4H,1,5-7H2. The van der Waals surface area contributed by atoms with Crippen LogP contribution in [0.25, 0.3) is 0 Å². The summed E-state index contributed by atoms with van der Waals surface area (Å²) in [6.07, 6.45) is 2.68. The van der Waals surface area contributed by atoms with Gasteiger partial charge in [-0.3, -0.25) is 0 Å². The molecule has 1 aromatic rings. The van der Waals surface area contributed by atoms with Gasteiger partial charge in [-0.2, -0.15) is 0 Å². The number of hydrogen-bond acceptors (Lipinski definition) is 2. The van der Waals surface area contributed by atoms with E-state index in [9.17, 15) is 0 Å². The molecule has 0 bridgehead atoms. The molecule has 1 fully saturated rings. The molecule has 0 saturated carbocycles. The molecule has 92 valence electrons. The highest BCUT2D eigenvalue weighted by atomic mass is 79.9. The zero-order valence-corrected chi connectivity index (χ0v) is 13.8. The quantitative estimate of drug-likeness (QED) is 0.387. The van der Waals surface area contributed by atoms with Gasteiger partial charge in [0.05, 0.1) is 15.6 Å². The highest BCUT2D eigenvalue weighted by molar-refractivity contribution is 9.13. The topological polar surface area (TPSA) is 21.8 Å². The maximum absolute atomic E-state index is 5.83. The minimum atomic E-state index is -0.164. The maximum Gasteiger partial charge on any atom is 0.148 e. The van der Waals surface area contributed by atoms with Crippen molar-refractivity contribution in [3.8, 4) is 5.75 Å². The summed E-state index contributed by atoms with van der Waals surface area (Å²) in [5.74, 6) is 0.790. The van der Waals surface area contributed by atoms with Gasteiger partial charge in [-0.1, -0.05) is 6.08 Å². The summed E-state index contributed by atoms with van der Waals surface area (Å²) in [4.78, 5) is 0. The predicted molar refractivity (Wildman–Crippen MR) is 78.5 cm³/mol. The van der Waals surface area contributed by atoms with Crippen molar-refractivity contribution in [1.82, 2.24) is 0 Å². The zero-order chi connectivity index (χ0) is 12.5. The van der Waals surface area contributed by atoms with E-state index in [4.69, 9.17) is 9.47 Å². The van der Waals surface area contributed by atoms with Gasteiger partial charge in [0.25, 0.3) is 0 Å². The molecule has 0 aliphatic carbocycles. The van der Waals surface area contributed by atoms with Crippen LogP contribution in [0.5, 0.6) is 5.75 Å². The van der Waals surface area contributed by atoms with E-state index in [1.54, 1.807) is 0 Å². The summed E-state index contributed by atoms with van der Waals surface area (Å²) in [6, 6.07) is 3.90. The van der Waals surface area contributed by atoms with Gasteiger partial charge in [-0.05, 0) is 66.3 Å². The highest BCUT2D eigenvalue weighted by Gasteiger charge is 2.44. The van der Waals surface area contributed by atoms with Crippen LogP contribution in [0, 0.1) is 0 Å². The van der Waals surface area contributed by atoms with Crippen molar-refractivity contribution in [2.24, 2.45) is 0 Å². The van der Waals surface area contributed by atoms with E-state index >= 15 is 0 Å². The molecule has 17 heavy (non-hydrogen) atoms. The van der Waals surface area contributed by atoms with E-state index in [-0.39, 0.29) is 5.60 Å². The fourth-order valence-corrected chi connectivity index (χ4v) is 2.95. The Labute approximate surface area is 126 Å². The molecule has 1 unspecified atom stereocenters. The molecule has 1 aliphatic rings. The first-order valence-electron chi connectivity index (χ1n) is 5.09. The van der Waals surface area contributed by atoms with Crippen LogP contribution in [0.3, 0.4) is 0 Å². The van der Waals surface area contributed by atoms with E-state index < -0.39 is 0 Å². The van der Waals surface area contributed by atoms with Crippen LogP contribution < -0.4 is 4.74 Å². The first-order valence-corrected chi connectivity index (χ1v) is 7.47. The second-order valence-corrected chi connectivity index (χ2v) is 6.43. The van der Waals surface area contributed by atoms with E-state index in [2.05, 4.69) is 54.4 Å². The highest BCUT2D eigenvalue weighted by Crippen LogP contribution is 2.40. The molecule has 1 aliphatic heterocycles. The van der Waals surface area contributed by atoms with Gasteiger partial charge >= 0.3 is 0 Å². The van der Waals surface area contributed by atoms with Crippen molar-refractivity contribution < 1.29 is 9.47 Å². The SMILES string of the molecule is C=CCC1(COc2c(Br)ccc(Br)c2Br)CO1. The molecular weight excluding hydrogens is 416 g/mol. The first kappa shape index (κ1) is 13.6. The summed E-state index contributed by atoms with van der Waals surface area (Å²) in [6.45, 7) is 5.00. The Morgan fingerprint density at radius 1 is 1.35 bits per heavy atom. The number of halogens is 3. The van der Waals surface area contributed by atoms with Gasteiger partial charge in [0.15, 0.2) is 0 Å². The lowest BCUT2D eigenvalue weighted by Gasteiger charge is -2.14. The normalized spacial score (nSPS) is 22.3. The Morgan fingerprint density at radius 2 is 2.00 bits per heavy atom. The van der Waals surface area contributed by atoms with Crippen LogP contribution in [0.2, 0.25) is 0 Å². The smallest absolute Gasteiger partial charge is 0.148 e. The summed E-state index contributed by atoms with van der Waals surface area (Å²) in [7, 11) is 0. The molecule has 1 aromatic carbocycles. The zero-order valence-electron chi connectivity index (χ0n) is 9.01. The molecule has 0 aromatic heterocycles. The lowest BCUT2D eigenvalue weighted by Crippen LogP contribution is -2.21. The summed E-state index contributed by atoms with van der Waals surface area (Å²) >= 11 is 10.4. The molecule has 0 radical (unpaired) electrons. The van der Waals surface area contributed by atoms with E-state index in [1.165, 1.54) is 0 Å². The summed E-state index contributed by atoms with van der Waals surface area (Å²) in [5.41, 5.74) is -0.164. The van der Waals surface area contributed by atoms with E-state index in [1.807, 2.05) is 18.2 Å². The minimum absolute atomic E-state index is 0.164. The average molecular weight is 427 g/mol. The molecule has 1 atom stereocenters. The van der Waals surface area contributed by atoms with E-state index in [0.717, 1.165) is 32.2 Å². The third-order valence-corrected chi connectivity index (χ3v) is 5.16. The van der Waals surface area contributed by atoms with Crippen molar-refractivity contribution in [1.29, 1.82) is 0 Å². The molecule has 2 nitrogen and oxygen atoms in total. The monoisotopic (exact) mass is 424 g/mol. The first-order chi connectivity index (χ1) is 8.08. The Balaban J connectivity index is 2.09. The molecule has 0 amide bonds. The Bertz CT molecular complexity index is 442. The lowest BCUT2D eigenvalue weighted by molar-refractivity contribution is 0.189. The number of ether oxygens (including phenoxy) is 2. The summed E-state index contributed by atoms with van der Waals surface area (Å²) < 4.78 is 14.0. The van der Waals surface area contributed by atoms with Crippen LogP contribution in [0.15, 0.2) is 38.2 Å². The third-order valence-electron chi connectivity index (χ3n) is 2.55. The van der Waals surface area contributed by atoms with Gasteiger partial charge in [0.2, 0.25) is 0 Å². The van der Waals surface area contributed by atoms with Gasteiger partial charge in [-0.25, -0.2) is 0 Å². The van der Waals surface area contributed by atoms with Crippen molar-refractivity contribution in [3.63, 3.8) is 0 Å². The molecule has 0 N–H and O–H groups in total. The van der Waals surface area contributed by atoms with Crippen LogP contribution in [0.4, 0.5) is 0 Å². The molecule has 1 saturated heterocycles. The maximum atomic E-state index is 5.83. The van der Waals surface area contributed by atoms with Crippen LogP contribution >= 0.6 is 47.8 Å². The second-order valence-electron chi connectivity index (χ2n) is 3.93. The lowest BCUT2D eigenvalue weighted by atomic mass is 10.1. The van der Waals surface area contributed by atoms with Crippen molar-refractivity contribution in [3.05, 3.63) is 38.2 Å². The van der Waals surface area contributed by atoms with Gasteiger partial charge in [0.1, 0.15) is 18.0 Å². The van der Waals surface area contributed by atoms with Crippen LogP contribution in [-0.2, 0) is 4.74 Å². The van der Waals surface area contributed by atoms with Crippen LogP contribution in [0.1, 0.15) is 6.42 Å². The van der Waals surface area contributed by atoms with Gasteiger partial charge in [-0.15, -0.1) is 6.58 Å². The largest absolute Gasteiger partial charge is 0.488 e. The molecule has 2 rings (SSSR count). The fraction of sp³-hybridized carbons (Fsp3) is 0.333. The Hall–Kier alpha value is 0.160. The Morgan fingerprint density at radius 3 is 2.59 bits per heavy atom. The number of epoxide rings is 1. The van der Waals surface area contributed by atoms with Crippen molar-refractivity contribution in [2.45, 2.75) is 12.0 Å². The summed E-state index contributed by atoms with van der Waals surface area (Å²) in [5, 5.41) is 0.